The zero-order valence-electron chi connectivity index (χ0n) is 8.12. The van der Waals surface area contributed by atoms with Crippen molar-refractivity contribution >= 4 is 34.4 Å². The van der Waals surface area contributed by atoms with E-state index < -0.39 is 17.7 Å². The van der Waals surface area contributed by atoms with Crippen molar-refractivity contribution in [1.82, 2.24) is 0 Å². The molecule has 1 unspecified atom stereocenters. The molecule has 0 N–H and O–H groups in total. The Labute approximate surface area is 105 Å². The average Bonchev–Trinajstić information content (AvgIpc) is 2.58. The van der Waals surface area contributed by atoms with Crippen LogP contribution in [0.1, 0.15) is 0 Å². The molecule has 3 nitrogen and oxygen atoms in total. The predicted molar refractivity (Wildman–Crippen MR) is 62.9 cm³/mol. The molecular weight excluding hydrogens is 331 g/mol. The van der Waals surface area contributed by atoms with Gasteiger partial charge in [-0.1, -0.05) is 22.6 Å². The van der Waals surface area contributed by atoms with Gasteiger partial charge in [-0.25, -0.2) is 13.6 Å². The molecule has 2 rings (SSSR count). The number of anilines is 1. The number of benzene rings is 1. The Morgan fingerprint density at radius 2 is 2.00 bits per heavy atom. The molecule has 0 radical (unpaired) electrons. The van der Waals surface area contributed by atoms with Crippen LogP contribution >= 0.6 is 22.6 Å². The lowest BCUT2D eigenvalue weighted by molar-refractivity contribution is 0.153. The van der Waals surface area contributed by atoms with Gasteiger partial charge in [-0.05, 0) is 12.1 Å². The fraction of sp³-hybridized carbons (Fsp3) is 0.300. The molecule has 0 saturated carbocycles. The maximum atomic E-state index is 13.0. The Bertz CT molecular complexity index is 407. The van der Waals surface area contributed by atoms with Crippen LogP contribution in [0.25, 0.3) is 0 Å². The number of carbonyl (C=O) groups excluding carboxylic acids is 1. The molecule has 86 valence electrons. The highest BCUT2D eigenvalue weighted by Crippen LogP contribution is 2.24. The number of hydrogen-bond acceptors (Lipinski definition) is 2. The maximum absolute atomic E-state index is 13.0. The minimum Gasteiger partial charge on any atom is -0.443 e. The molecule has 1 aromatic rings. The second-order valence-electron chi connectivity index (χ2n) is 3.40. The van der Waals surface area contributed by atoms with E-state index in [0.29, 0.717) is 11.0 Å². The highest BCUT2D eigenvalue weighted by molar-refractivity contribution is 14.1. The number of hydrogen-bond donors (Lipinski definition) is 0. The third-order valence-corrected chi connectivity index (χ3v) is 3.19. The number of cyclic esters (lactones) is 1. The molecule has 1 heterocycles. The van der Waals surface area contributed by atoms with Crippen LogP contribution in [-0.2, 0) is 4.74 Å². The van der Waals surface area contributed by atoms with Gasteiger partial charge in [0.05, 0.1) is 12.2 Å². The Morgan fingerprint density at radius 1 is 1.38 bits per heavy atom. The normalized spacial score (nSPS) is 20.1. The molecule has 6 heteroatoms. The molecular formula is C10H8F2INO2. The summed E-state index contributed by atoms with van der Waals surface area (Å²) in [5.41, 5.74) is 0.190. The Hall–Kier alpha value is -0.920. The summed E-state index contributed by atoms with van der Waals surface area (Å²) in [6.07, 6.45) is -0.786. The van der Waals surface area contributed by atoms with Gasteiger partial charge in [0, 0.05) is 10.5 Å². The maximum Gasteiger partial charge on any atom is 0.414 e. The van der Waals surface area contributed by atoms with Crippen LogP contribution < -0.4 is 4.90 Å². The van der Waals surface area contributed by atoms with Crippen molar-refractivity contribution in [1.29, 1.82) is 0 Å². The zero-order chi connectivity index (χ0) is 11.7. The van der Waals surface area contributed by atoms with Crippen LogP contribution in [0.5, 0.6) is 0 Å². The molecule has 1 atom stereocenters. The van der Waals surface area contributed by atoms with Gasteiger partial charge in [0.25, 0.3) is 0 Å². The molecule has 1 amide bonds. The van der Waals surface area contributed by atoms with Crippen LogP contribution in [0.15, 0.2) is 18.2 Å². The van der Waals surface area contributed by atoms with Crippen molar-refractivity contribution in [2.24, 2.45) is 0 Å². The van der Waals surface area contributed by atoms with Crippen molar-refractivity contribution in [2.45, 2.75) is 6.10 Å². The van der Waals surface area contributed by atoms with Gasteiger partial charge in [0.15, 0.2) is 0 Å². The summed E-state index contributed by atoms with van der Waals surface area (Å²) in [5.74, 6) is -1.42. The number of alkyl halides is 1. The van der Waals surface area contributed by atoms with E-state index in [-0.39, 0.29) is 11.8 Å². The monoisotopic (exact) mass is 339 g/mol. The first-order valence-corrected chi connectivity index (χ1v) is 6.13. The second kappa shape index (κ2) is 4.52. The first kappa shape index (κ1) is 11.6. The highest BCUT2D eigenvalue weighted by Gasteiger charge is 2.31. The summed E-state index contributed by atoms with van der Waals surface area (Å²) >= 11 is 2.09. The van der Waals surface area contributed by atoms with Gasteiger partial charge in [-0.2, -0.15) is 0 Å². The summed E-state index contributed by atoms with van der Waals surface area (Å²) in [6.45, 7) is 0.324. The summed E-state index contributed by atoms with van der Waals surface area (Å²) in [4.78, 5) is 12.7. The van der Waals surface area contributed by atoms with Crippen molar-refractivity contribution in [3.63, 3.8) is 0 Å². The van der Waals surface area contributed by atoms with Gasteiger partial charge >= 0.3 is 6.09 Å². The van der Waals surface area contributed by atoms with Crippen molar-refractivity contribution < 1.29 is 18.3 Å². The van der Waals surface area contributed by atoms with Crippen molar-refractivity contribution in [3.8, 4) is 0 Å². The smallest absolute Gasteiger partial charge is 0.414 e. The minimum atomic E-state index is -0.708. The first-order chi connectivity index (χ1) is 7.60. The zero-order valence-corrected chi connectivity index (χ0v) is 10.3. The summed E-state index contributed by atoms with van der Waals surface area (Å²) in [7, 11) is 0. The number of nitrogens with zero attached hydrogens (tertiary/aromatic N) is 1. The quantitative estimate of drug-likeness (QED) is 0.613. The molecule has 0 aliphatic carbocycles. The van der Waals surface area contributed by atoms with E-state index >= 15 is 0 Å². The predicted octanol–water partition coefficient (Wildman–Crippen LogP) is 2.73. The number of ether oxygens (including phenoxy) is 1. The Morgan fingerprint density at radius 3 is 2.50 bits per heavy atom. The van der Waals surface area contributed by atoms with Crippen molar-refractivity contribution in [3.05, 3.63) is 29.8 Å². The van der Waals surface area contributed by atoms with Gasteiger partial charge in [-0.15, -0.1) is 0 Å². The number of halogens is 3. The Kier molecular flexibility index (Phi) is 3.27. The SMILES string of the molecule is O=C1OC(CI)CN1c1cc(F)cc(F)c1. The molecule has 1 aliphatic heterocycles. The largest absolute Gasteiger partial charge is 0.443 e. The molecule has 1 saturated heterocycles. The van der Waals surface area contributed by atoms with Crippen LogP contribution in [0.4, 0.5) is 19.3 Å². The van der Waals surface area contributed by atoms with Gasteiger partial charge in [0.1, 0.15) is 17.7 Å². The third-order valence-electron chi connectivity index (χ3n) is 2.21. The van der Waals surface area contributed by atoms with Crippen LogP contribution in [0.3, 0.4) is 0 Å². The lowest BCUT2D eigenvalue weighted by Gasteiger charge is -2.12. The highest BCUT2D eigenvalue weighted by atomic mass is 127. The van der Waals surface area contributed by atoms with E-state index in [4.69, 9.17) is 4.74 Å². The van der Waals surface area contributed by atoms with Crippen LogP contribution in [0, 0.1) is 11.6 Å². The van der Waals surface area contributed by atoms with Gasteiger partial charge < -0.3 is 4.74 Å². The van der Waals surface area contributed by atoms with E-state index in [2.05, 4.69) is 22.6 Å². The number of carbonyl (C=O) groups is 1. The minimum absolute atomic E-state index is 0.190. The summed E-state index contributed by atoms with van der Waals surface area (Å²) in [6, 6.07) is 2.99. The van der Waals surface area contributed by atoms with E-state index in [0.717, 1.165) is 18.2 Å². The molecule has 1 fully saturated rings. The van der Waals surface area contributed by atoms with E-state index in [1.165, 1.54) is 4.90 Å². The fourth-order valence-corrected chi connectivity index (χ4v) is 1.97. The molecule has 1 aromatic carbocycles. The molecule has 0 bridgehead atoms. The standard InChI is InChI=1S/C10H8F2INO2/c11-6-1-7(12)3-8(2-6)14-5-9(4-13)16-10(14)15/h1-3,9H,4-5H2. The molecule has 1 aliphatic rings. The first-order valence-electron chi connectivity index (χ1n) is 4.60. The summed E-state index contributed by atoms with van der Waals surface area (Å²) in [5, 5.41) is 0. The van der Waals surface area contributed by atoms with Crippen molar-refractivity contribution in [2.75, 3.05) is 15.9 Å². The molecule has 0 spiro atoms. The number of amides is 1. The van der Waals surface area contributed by atoms with Crippen LogP contribution in [-0.4, -0.2) is 23.2 Å². The number of rotatable bonds is 2. The second-order valence-corrected chi connectivity index (χ2v) is 4.28. The summed E-state index contributed by atoms with van der Waals surface area (Å²) < 4.78 is 31.6. The lowest BCUT2D eigenvalue weighted by Crippen LogP contribution is -2.25. The average molecular weight is 339 g/mol. The fourth-order valence-electron chi connectivity index (χ4n) is 1.51. The molecule has 0 aromatic heterocycles. The van der Waals surface area contributed by atoms with E-state index in [9.17, 15) is 13.6 Å². The molecule has 16 heavy (non-hydrogen) atoms. The van der Waals surface area contributed by atoms with Gasteiger partial charge in [-0.3, -0.25) is 4.90 Å². The topological polar surface area (TPSA) is 29.5 Å². The Balaban J connectivity index is 2.27. The third kappa shape index (κ3) is 2.26. The van der Waals surface area contributed by atoms with Gasteiger partial charge in [0.2, 0.25) is 0 Å². The van der Waals surface area contributed by atoms with E-state index in [1.807, 2.05) is 0 Å². The lowest BCUT2D eigenvalue weighted by atomic mass is 10.2. The van der Waals surface area contributed by atoms with Crippen LogP contribution in [0.2, 0.25) is 0 Å². The van der Waals surface area contributed by atoms with E-state index in [1.54, 1.807) is 0 Å².